The number of carbonyl (C=O) groups excluding carboxylic acids is 3. The molecule has 4 rings (SSSR count). The Hall–Kier alpha value is -3.29. The molecular weight excluding hydrogens is 348 g/mol. The van der Waals surface area contributed by atoms with Gasteiger partial charge >= 0.3 is 0 Å². The van der Waals surface area contributed by atoms with E-state index in [9.17, 15) is 14.4 Å². The summed E-state index contributed by atoms with van der Waals surface area (Å²) in [5, 5.41) is 7.67. The molecule has 2 aliphatic rings. The van der Waals surface area contributed by atoms with Crippen molar-refractivity contribution in [1.29, 1.82) is 0 Å². The van der Waals surface area contributed by atoms with Crippen molar-refractivity contribution in [2.24, 2.45) is 0 Å². The van der Waals surface area contributed by atoms with Gasteiger partial charge in [0, 0.05) is 38.2 Å². The molecule has 1 fully saturated rings. The number of hydrogen-bond donors (Lipinski definition) is 0. The molecule has 1 aromatic heterocycles. The van der Waals surface area contributed by atoms with Crippen LogP contribution in [0.3, 0.4) is 0 Å². The first-order chi connectivity index (χ1) is 13.1. The van der Waals surface area contributed by atoms with Crippen molar-refractivity contribution in [2.75, 3.05) is 19.6 Å². The molecule has 0 N–H and O–H groups in total. The third-order valence-electron chi connectivity index (χ3n) is 4.80. The van der Waals surface area contributed by atoms with E-state index < -0.39 is 11.8 Å². The van der Waals surface area contributed by atoms with Crippen LogP contribution in [0.2, 0.25) is 0 Å². The van der Waals surface area contributed by atoms with Gasteiger partial charge in [-0.3, -0.25) is 19.3 Å². The fourth-order valence-electron chi connectivity index (χ4n) is 3.36. The zero-order valence-electron chi connectivity index (χ0n) is 14.6. The van der Waals surface area contributed by atoms with Gasteiger partial charge in [-0.1, -0.05) is 12.1 Å². The van der Waals surface area contributed by atoms with E-state index in [4.69, 9.17) is 4.74 Å². The second-order valence-corrected chi connectivity index (χ2v) is 6.50. The maximum Gasteiger partial charge on any atom is 0.262 e. The van der Waals surface area contributed by atoms with Crippen LogP contribution < -0.4 is 4.74 Å². The Morgan fingerprint density at radius 1 is 1.04 bits per heavy atom. The van der Waals surface area contributed by atoms with Gasteiger partial charge in [0.15, 0.2) is 0 Å². The van der Waals surface area contributed by atoms with Crippen LogP contribution in [0.5, 0.6) is 5.88 Å². The Morgan fingerprint density at radius 3 is 2.30 bits per heavy atom. The van der Waals surface area contributed by atoms with E-state index in [1.54, 1.807) is 47.5 Å². The van der Waals surface area contributed by atoms with Crippen LogP contribution in [0.25, 0.3) is 0 Å². The van der Waals surface area contributed by atoms with Crippen molar-refractivity contribution in [1.82, 2.24) is 20.0 Å². The van der Waals surface area contributed by atoms with E-state index >= 15 is 0 Å². The maximum absolute atomic E-state index is 12.6. The maximum atomic E-state index is 12.6. The minimum atomic E-state index is -0.412. The van der Waals surface area contributed by atoms with Crippen molar-refractivity contribution in [3.8, 4) is 5.88 Å². The first kappa shape index (κ1) is 17.1. The SMILES string of the molecule is O=C(CN1C(=O)c2ccccc2C1=O)N1CCC(Oc2cccnn2)CC1. The number of rotatable bonds is 4. The largest absolute Gasteiger partial charge is 0.473 e. The molecule has 27 heavy (non-hydrogen) atoms. The summed E-state index contributed by atoms with van der Waals surface area (Å²) in [6.45, 7) is 0.780. The molecule has 0 atom stereocenters. The van der Waals surface area contributed by atoms with E-state index in [0.29, 0.717) is 42.9 Å². The molecule has 1 aromatic carbocycles. The smallest absolute Gasteiger partial charge is 0.262 e. The number of piperidine rings is 1. The summed E-state index contributed by atoms with van der Waals surface area (Å²) in [5.41, 5.74) is 0.706. The Balaban J connectivity index is 1.33. The zero-order valence-corrected chi connectivity index (χ0v) is 14.6. The average molecular weight is 366 g/mol. The van der Waals surface area contributed by atoms with Gasteiger partial charge in [0.2, 0.25) is 11.8 Å². The molecule has 2 aliphatic heterocycles. The quantitative estimate of drug-likeness (QED) is 0.754. The summed E-state index contributed by atoms with van der Waals surface area (Å²) >= 11 is 0. The van der Waals surface area contributed by atoms with Crippen LogP contribution in [0.4, 0.5) is 0 Å². The third kappa shape index (κ3) is 3.38. The molecule has 0 unspecified atom stereocenters. The van der Waals surface area contributed by atoms with Gasteiger partial charge < -0.3 is 9.64 Å². The number of hydrogen-bond acceptors (Lipinski definition) is 6. The predicted octanol–water partition coefficient (Wildman–Crippen LogP) is 1.14. The standard InChI is InChI=1S/C19H18N4O4/c24-17(12-23-18(25)14-4-1-2-5-15(14)19(23)26)22-10-7-13(8-11-22)27-16-6-3-9-20-21-16/h1-6,9,13H,7-8,10-12H2. The van der Waals surface area contributed by atoms with Gasteiger partial charge in [-0.25, -0.2) is 0 Å². The van der Waals surface area contributed by atoms with Crippen LogP contribution in [-0.2, 0) is 4.79 Å². The summed E-state index contributed by atoms with van der Waals surface area (Å²) in [4.78, 5) is 40.0. The lowest BCUT2D eigenvalue weighted by molar-refractivity contribution is -0.133. The van der Waals surface area contributed by atoms with Gasteiger partial charge in [0.25, 0.3) is 11.8 Å². The molecule has 138 valence electrons. The predicted molar refractivity (Wildman–Crippen MR) is 94.1 cm³/mol. The molecular formula is C19H18N4O4. The number of likely N-dealkylation sites (tertiary alicyclic amines) is 1. The highest BCUT2D eigenvalue weighted by Gasteiger charge is 2.37. The van der Waals surface area contributed by atoms with Crippen LogP contribution in [0.1, 0.15) is 33.6 Å². The highest BCUT2D eigenvalue weighted by molar-refractivity contribution is 6.22. The number of imide groups is 1. The number of nitrogens with zero attached hydrogens (tertiary/aromatic N) is 4. The van der Waals surface area contributed by atoms with E-state index in [2.05, 4.69) is 10.2 Å². The Labute approximate surface area is 155 Å². The second kappa shape index (κ2) is 7.14. The normalized spacial score (nSPS) is 17.2. The summed E-state index contributed by atoms with van der Waals surface area (Å²) in [6, 6.07) is 10.1. The molecule has 0 spiro atoms. The minimum absolute atomic E-state index is 0.0370. The molecule has 0 bridgehead atoms. The van der Waals surface area contributed by atoms with E-state index in [1.807, 2.05) is 0 Å². The Bertz CT molecular complexity index is 843. The fraction of sp³-hybridized carbons (Fsp3) is 0.316. The van der Waals surface area contributed by atoms with Crippen LogP contribution in [-0.4, -0.2) is 63.5 Å². The lowest BCUT2D eigenvalue weighted by atomic mass is 10.1. The average Bonchev–Trinajstić information content (AvgIpc) is 2.94. The van der Waals surface area contributed by atoms with E-state index in [1.165, 1.54) is 0 Å². The van der Waals surface area contributed by atoms with E-state index in [0.717, 1.165) is 4.90 Å². The van der Waals surface area contributed by atoms with Crippen molar-refractivity contribution in [3.63, 3.8) is 0 Å². The number of fused-ring (bicyclic) bond motifs is 1. The molecule has 3 amide bonds. The first-order valence-corrected chi connectivity index (χ1v) is 8.81. The Morgan fingerprint density at radius 2 is 1.70 bits per heavy atom. The molecule has 8 heteroatoms. The van der Waals surface area contributed by atoms with Gasteiger partial charge in [-0.05, 0) is 18.2 Å². The van der Waals surface area contributed by atoms with Gasteiger partial charge in [0.05, 0.1) is 11.1 Å². The molecule has 0 radical (unpaired) electrons. The first-order valence-electron chi connectivity index (χ1n) is 8.81. The number of ether oxygens (including phenoxy) is 1. The summed E-state index contributed by atoms with van der Waals surface area (Å²) in [7, 11) is 0. The summed E-state index contributed by atoms with van der Waals surface area (Å²) < 4.78 is 5.76. The molecule has 2 aromatic rings. The van der Waals surface area contributed by atoms with Crippen molar-refractivity contribution in [2.45, 2.75) is 18.9 Å². The van der Waals surface area contributed by atoms with Crippen molar-refractivity contribution >= 4 is 17.7 Å². The number of amides is 3. The minimum Gasteiger partial charge on any atom is -0.473 e. The van der Waals surface area contributed by atoms with Crippen LogP contribution in [0.15, 0.2) is 42.6 Å². The monoisotopic (exact) mass is 366 g/mol. The van der Waals surface area contributed by atoms with Gasteiger partial charge in [0.1, 0.15) is 12.6 Å². The van der Waals surface area contributed by atoms with E-state index in [-0.39, 0.29) is 18.6 Å². The molecule has 0 aliphatic carbocycles. The lowest BCUT2D eigenvalue weighted by Gasteiger charge is -2.32. The fourth-order valence-corrected chi connectivity index (χ4v) is 3.36. The summed E-state index contributed by atoms with van der Waals surface area (Å²) in [6.07, 6.45) is 2.85. The summed E-state index contributed by atoms with van der Waals surface area (Å²) in [5.74, 6) is -0.592. The van der Waals surface area contributed by atoms with Gasteiger partial charge in [-0.15, -0.1) is 5.10 Å². The number of aromatic nitrogens is 2. The highest BCUT2D eigenvalue weighted by Crippen LogP contribution is 2.23. The van der Waals surface area contributed by atoms with Crippen molar-refractivity contribution < 1.29 is 19.1 Å². The zero-order chi connectivity index (χ0) is 18.8. The molecule has 0 saturated carbocycles. The molecule has 8 nitrogen and oxygen atoms in total. The number of carbonyl (C=O) groups is 3. The van der Waals surface area contributed by atoms with Gasteiger partial charge in [-0.2, -0.15) is 5.10 Å². The van der Waals surface area contributed by atoms with Crippen LogP contribution >= 0.6 is 0 Å². The molecule has 1 saturated heterocycles. The number of benzene rings is 1. The second-order valence-electron chi connectivity index (χ2n) is 6.50. The molecule has 3 heterocycles. The topological polar surface area (TPSA) is 92.7 Å². The Kier molecular flexibility index (Phi) is 4.53. The lowest BCUT2D eigenvalue weighted by Crippen LogP contribution is -2.47. The van der Waals surface area contributed by atoms with Crippen molar-refractivity contribution in [3.05, 3.63) is 53.7 Å². The van der Waals surface area contributed by atoms with Crippen LogP contribution in [0, 0.1) is 0 Å². The highest BCUT2D eigenvalue weighted by atomic mass is 16.5. The third-order valence-corrected chi connectivity index (χ3v) is 4.80.